The van der Waals surface area contributed by atoms with Gasteiger partial charge in [-0.05, 0) is 40.1 Å². The standard InChI is InChI=1S/C13H20N4O4/c1-9(7-8-16(2)3)14-12-11(17(19)20)6-5-10(15-12)13(18)21-4/h5-6,9H,7-8H2,1-4H3,(H,14,15). The lowest BCUT2D eigenvalue weighted by molar-refractivity contribution is -0.384. The molecule has 1 heterocycles. The Kier molecular flexibility index (Phi) is 6.04. The summed E-state index contributed by atoms with van der Waals surface area (Å²) >= 11 is 0. The van der Waals surface area contributed by atoms with Crippen LogP contribution >= 0.6 is 0 Å². The highest BCUT2D eigenvalue weighted by Gasteiger charge is 2.20. The SMILES string of the molecule is COC(=O)c1ccc([N+](=O)[O-])c(NC(C)CCN(C)C)n1. The fourth-order valence-corrected chi connectivity index (χ4v) is 1.68. The average Bonchev–Trinajstić information content (AvgIpc) is 2.43. The molecule has 0 saturated carbocycles. The summed E-state index contributed by atoms with van der Waals surface area (Å²) in [6.07, 6.45) is 0.786. The molecular weight excluding hydrogens is 276 g/mol. The molecule has 0 bridgehead atoms. The van der Waals surface area contributed by atoms with Crippen molar-refractivity contribution < 1.29 is 14.5 Å². The van der Waals surface area contributed by atoms with Crippen LogP contribution in [0.25, 0.3) is 0 Å². The highest BCUT2D eigenvalue weighted by Crippen LogP contribution is 2.23. The monoisotopic (exact) mass is 296 g/mol. The van der Waals surface area contributed by atoms with E-state index < -0.39 is 10.9 Å². The fraction of sp³-hybridized carbons (Fsp3) is 0.538. The molecule has 0 saturated heterocycles. The molecule has 1 aromatic heterocycles. The minimum atomic E-state index is -0.631. The average molecular weight is 296 g/mol. The second kappa shape index (κ2) is 7.53. The van der Waals surface area contributed by atoms with Gasteiger partial charge in [-0.1, -0.05) is 0 Å². The number of ether oxygens (including phenoxy) is 1. The molecule has 0 aliphatic carbocycles. The molecule has 1 unspecified atom stereocenters. The third kappa shape index (κ3) is 4.99. The first kappa shape index (κ1) is 16.8. The van der Waals surface area contributed by atoms with Gasteiger partial charge in [0.05, 0.1) is 12.0 Å². The molecule has 0 aliphatic heterocycles. The minimum absolute atomic E-state index is 0.0218. The molecule has 0 radical (unpaired) electrons. The first-order chi connectivity index (χ1) is 9.85. The zero-order chi connectivity index (χ0) is 16.0. The van der Waals surface area contributed by atoms with Gasteiger partial charge in [-0.3, -0.25) is 10.1 Å². The Labute approximate surface area is 123 Å². The van der Waals surface area contributed by atoms with Crippen molar-refractivity contribution in [1.82, 2.24) is 9.88 Å². The third-order valence-electron chi connectivity index (χ3n) is 2.86. The van der Waals surface area contributed by atoms with Crippen LogP contribution < -0.4 is 5.32 Å². The predicted octanol–water partition coefficient (Wildman–Crippen LogP) is 1.53. The number of rotatable bonds is 7. The lowest BCUT2D eigenvalue weighted by Crippen LogP contribution is -2.24. The van der Waals surface area contributed by atoms with E-state index in [0.717, 1.165) is 13.0 Å². The molecule has 8 heteroatoms. The van der Waals surface area contributed by atoms with Crippen molar-refractivity contribution in [1.29, 1.82) is 0 Å². The van der Waals surface area contributed by atoms with Crippen molar-refractivity contribution in [2.24, 2.45) is 0 Å². The molecule has 0 aliphatic rings. The molecule has 0 spiro atoms. The van der Waals surface area contributed by atoms with Gasteiger partial charge in [-0.25, -0.2) is 9.78 Å². The van der Waals surface area contributed by atoms with E-state index in [1.165, 1.54) is 19.2 Å². The van der Waals surface area contributed by atoms with E-state index in [0.29, 0.717) is 0 Å². The summed E-state index contributed by atoms with van der Waals surface area (Å²) in [5.74, 6) is -0.553. The van der Waals surface area contributed by atoms with Gasteiger partial charge >= 0.3 is 11.7 Å². The topological polar surface area (TPSA) is 97.6 Å². The number of carbonyl (C=O) groups excluding carboxylic acids is 1. The minimum Gasteiger partial charge on any atom is -0.464 e. The van der Waals surface area contributed by atoms with Crippen LogP contribution in [0, 0.1) is 10.1 Å². The molecule has 21 heavy (non-hydrogen) atoms. The second-order valence-corrected chi connectivity index (χ2v) is 4.95. The van der Waals surface area contributed by atoms with Crippen LogP contribution in [0.15, 0.2) is 12.1 Å². The van der Waals surface area contributed by atoms with Crippen LogP contribution in [-0.2, 0) is 4.74 Å². The molecule has 8 nitrogen and oxygen atoms in total. The fourth-order valence-electron chi connectivity index (χ4n) is 1.68. The Balaban J connectivity index is 2.95. The number of hydrogen-bond acceptors (Lipinski definition) is 7. The summed E-state index contributed by atoms with van der Waals surface area (Å²) < 4.78 is 4.57. The first-order valence-electron chi connectivity index (χ1n) is 6.50. The molecular formula is C13H20N4O4. The molecule has 0 amide bonds. The van der Waals surface area contributed by atoms with Gasteiger partial charge in [0.15, 0.2) is 5.69 Å². The third-order valence-corrected chi connectivity index (χ3v) is 2.86. The molecule has 0 fully saturated rings. The van der Waals surface area contributed by atoms with Crippen molar-refractivity contribution in [3.63, 3.8) is 0 Å². The van der Waals surface area contributed by atoms with E-state index in [9.17, 15) is 14.9 Å². The Bertz CT molecular complexity index is 519. The molecule has 0 aromatic carbocycles. The van der Waals surface area contributed by atoms with Crippen LogP contribution in [0.5, 0.6) is 0 Å². The largest absolute Gasteiger partial charge is 0.464 e. The summed E-state index contributed by atoms with van der Waals surface area (Å²) in [7, 11) is 5.13. The lowest BCUT2D eigenvalue weighted by atomic mass is 10.2. The Morgan fingerprint density at radius 1 is 1.52 bits per heavy atom. The van der Waals surface area contributed by atoms with Gasteiger partial charge in [0.1, 0.15) is 0 Å². The number of pyridine rings is 1. The quantitative estimate of drug-likeness (QED) is 0.463. The summed E-state index contributed by atoms with van der Waals surface area (Å²) in [5.41, 5.74) is -0.134. The molecule has 1 rings (SSSR count). The molecule has 1 aromatic rings. The summed E-state index contributed by atoms with van der Waals surface area (Å²) in [4.78, 5) is 28.0. The molecule has 116 valence electrons. The van der Waals surface area contributed by atoms with E-state index in [-0.39, 0.29) is 23.2 Å². The van der Waals surface area contributed by atoms with E-state index in [4.69, 9.17) is 0 Å². The van der Waals surface area contributed by atoms with Gasteiger partial charge in [-0.2, -0.15) is 0 Å². The number of hydrogen-bond donors (Lipinski definition) is 1. The van der Waals surface area contributed by atoms with Crippen molar-refractivity contribution in [2.45, 2.75) is 19.4 Å². The smallest absolute Gasteiger partial charge is 0.356 e. The van der Waals surface area contributed by atoms with Crippen LogP contribution in [0.4, 0.5) is 11.5 Å². The predicted molar refractivity (Wildman–Crippen MR) is 78.5 cm³/mol. The number of nitrogens with one attached hydrogen (secondary N) is 1. The van der Waals surface area contributed by atoms with E-state index in [1.807, 2.05) is 25.9 Å². The molecule has 1 N–H and O–H groups in total. The number of aromatic nitrogens is 1. The first-order valence-corrected chi connectivity index (χ1v) is 6.50. The van der Waals surface area contributed by atoms with Crippen LogP contribution in [-0.4, -0.2) is 54.6 Å². The van der Waals surface area contributed by atoms with Gasteiger partial charge in [0, 0.05) is 12.1 Å². The normalized spacial score (nSPS) is 12.0. The maximum Gasteiger partial charge on any atom is 0.356 e. The van der Waals surface area contributed by atoms with Crippen molar-refractivity contribution >= 4 is 17.5 Å². The van der Waals surface area contributed by atoms with Gasteiger partial charge in [-0.15, -0.1) is 0 Å². The maximum atomic E-state index is 11.5. The van der Waals surface area contributed by atoms with Gasteiger partial charge in [0.25, 0.3) is 0 Å². The number of nitro groups is 1. The van der Waals surface area contributed by atoms with Crippen LogP contribution in [0.3, 0.4) is 0 Å². The Hall–Kier alpha value is -2.22. The van der Waals surface area contributed by atoms with E-state index in [2.05, 4.69) is 15.0 Å². The highest BCUT2D eigenvalue weighted by atomic mass is 16.6. The van der Waals surface area contributed by atoms with Gasteiger partial charge < -0.3 is 15.0 Å². The van der Waals surface area contributed by atoms with Crippen molar-refractivity contribution in [3.05, 3.63) is 27.9 Å². The number of esters is 1. The Morgan fingerprint density at radius 3 is 2.71 bits per heavy atom. The van der Waals surface area contributed by atoms with E-state index >= 15 is 0 Å². The van der Waals surface area contributed by atoms with E-state index in [1.54, 1.807) is 0 Å². The highest BCUT2D eigenvalue weighted by molar-refractivity contribution is 5.88. The number of methoxy groups -OCH3 is 1. The van der Waals surface area contributed by atoms with Crippen LogP contribution in [0.1, 0.15) is 23.8 Å². The zero-order valence-electron chi connectivity index (χ0n) is 12.6. The number of carbonyl (C=O) groups is 1. The van der Waals surface area contributed by atoms with Gasteiger partial charge in [0.2, 0.25) is 5.82 Å². The number of nitrogens with zero attached hydrogens (tertiary/aromatic N) is 3. The van der Waals surface area contributed by atoms with Crippen molar-refractivity contribution in [2.75, 3.05) is 33.1 Å². The maximum absolute atomic E-state index is 11.5. The lowest BCUT2D eigenvalue weighted by Gasteiger charge is -2.17. The summed E-state index contributed by atoms with van der Waals surface area (Å²) in [6, 6.07) is 2.51. The second-order valence-electron chi connectivity index (χ2n) is 4.95. The van der Waals surface area contributed by atoms with Crippen LogP contribution in [0.2, 0.25) is 0 Å². The zero-order valence-corrected chi connectivity index (χ0v) is 12.6. The van der Waals surface area contributed by atoms with Crippen molar-refractivity contribution in [3.8, 4) is 0 Å². The number of anilines is 1. The summed E-state index contributed by atoms with van der Waals surface area (Å²) in [5, 5.41) is 14.0. The Morgan fingerprint density at radius 2 is 2.19 bits per heavy atom. The summed E-state index contributed by atoms with van der Waals surface area (Å²) in [6.45, 7) is 2.73. The molecule has 1 atom stereocenters.